The predicted octanol–water partition coefficient (Wildman–Crippen LogP) is 3.15. The number of H-pyrrole nitrogens is 1. The topological polar surface area (TPSA) is 73.4 Å². The highest BCUT2D eigenvalue weighted by atomic mass is 79.9. The Hall–Kier alpha value is -1.89. The van der Waals surface area contributed by atoms with Gasteiger partial charge in [-0.1, -0.05) is 15.9 Å². The average molecular weight is 369 g/mol. The van der Waals surface area contributed by atoms with Crippen molar-refractivity contribution in [3.05, 3.63) is 34.2 Å². The van der Waals surface area contributed by atoms with Gasteiger partial charge in [0.25, 0.3) is 5.91 Å². The molecule has 1 aliphatic heterocycles. The highest BCUT2D eigenvalue weighted by molar-refractivity contribution is 9.10. The Bertz CT molecular complexity index is 759. The number of likely N-dealkylation sites (tertiary alicyclic amines) is 1. The summed E-state index contributed by atoms with van der Waals surface area (Å²) >= 11 is 3.21. The van der Waals surface area contributed by atoms with E-state index in [-0.39, 0.29) is 24.1 Å². The van der Waals surface area contributed by atoms with Crippen LogP contribution in [0.5, 0.6) is 0 Å². The smallest absolute Gasteiger partial charge is 0.305 e. The van der Waals surface area contributed by atoms with Crippen LogP contribution in [-0.4, -0.2) is 39.5 Å². The number of carboxylic acid groups (broad SMARTS) is 1. The third-order valence-corrected chi connectivity index (χ3v) is 4.39. The number of amides is 1. The zero-order chi connectivity index (χ0) is 15.9. The van der Waals surface area contributed by atoms with Crippen LogP contribution in [-0.2, 0) is 4.79 Å². The van der Waals surface area contributed by atoms with E-state index in [9.17, 15) is 14.0 Å². The Kier molecular flexibility index (Phi) is 3.90. The lowest BCUT2D eigenvalue weighted by Crippen LogP contribution is -2.37. The maximum absolute atomic E-state index is 13.9. The van der Waals surface area contributed by atoms with E-state index in [4.69, 9.17) is 5.11 Å². The van der Waals surface area contributed by atoms with Crippen molar-refractivity contribution in [3.63, 3.8) is 0 Å². The van der Waals surface area contributed by atoms with E-state index < -0.39 is 11.8 Å². The highest BCUT2D eigenvalue weighted by Crippen LogP contribution is 2.27. The molecule has 7 heteroatoms. The maximum atomic E-state index is 13.9. The lowest BCUT2D eigenvalue weighted by molar-refractivity contribution is -0.137. The molecule has 2 N–H and O–H groups in total. The second-order valence-corrected chi connectivity index (χ2v) is 6.34. The number of benzene rings is 1. The molecule has 0 spiro atoms. The molecule has 1 unspecified atom stereocenters. The number of halogens is 2. The Balaban J connectivity index is 1.91. The second kappa shape index (κ2) is 5.72. The fourth-order valence-electron chi connectivity index (χ4n) is 2.95. The molecule has 5 nitrogen and oxygen atoms in total. The normalized spacial score (nSPS) is 18.1. The number of hydrogen-bond donors (Lipinski definition) is 2. The molecular formula is C15H14BrFN2O3. The number of fused-ring (bicyclic) bond motifs is 1. The standard InChI is InChI=1S/C15H14BrFN2O3/c16-8-4-11(17)10-7-13(18-12(10)5-8)15(22)19-3-1-2-9(19)6-14(20)21/h4-5,7,9,18H,1-3,6H2,(H,20,21). The maximum Gasteiger partial charge on any atom is 0.305 e. The van der Waals surface area contributed by atoms with Gasteiger partial charge in [0.05, 0.1) is 11.9 Å². The number of carboxylic acids is 1. The van der Waals surface area contributed by atoms with Gasteiger partial charge < -0.3 is 15.0 Å². The molecule has 2 aromatic rings. The third kappa shape index (κ3) is 2.72. The summed E-state index contributed by atoms with van der Waals surface area (Å²) in [5.74, 6) is -1.62. The molecule has 1 aromatic carbocycles. The van der Waals surface area contributed by atoms with Crippen molar-refractivity contribution in [2.45, 2.75) is 25.3 Å². The zero-order valence-corrected chi connectivity index (χ0v) is 13.2. The van der Waals surface area contributed by atoms with Gasteiger partial charge in [0.2, 0.25) is 0 Å². The van der Waals surface area contributed by atoms with Crippen LogP contribution in [0.3, 0.4) is 0 Å². The number of aromatic amines is 1. The summed E-state index contributed by atoms with van der Waals surface area (Å²) in [6.45, 7) is 0.526. The van der Waals surface area contributed by atoms with E-state index in [1.165, 1.54) is 12.1 Å². The molecule has 0 radical (unpaired) electrons. The number of carbonyl (C=O) groups excluding carboxylic acids is 1. The van der Waals surface area contributed by atoms with Crippen LogP contribution in [0.1, 0.15) is 29.8 Å². The van der Waals surface area contributed by atoms with Crippen LogP contribution in [0.25, 0.3) is 10.9 Å². The van der Waals surface area contributed by atoms with Gasteiger partial charge in [0.15, 0.2) is 0 Å². The summed E-state index contributed by atoms with van der Waals surface area (Å²) in [5, 5.41) is 9.27. The van der Waals surface area contributed by atoms with Crippen molar-refractivity contribution >= 4 is 38.7 Å². The van der Waals surface area contributed by atoms with E-state index in [1.54, 1.807) is 11.0 Å². The van der Waals surface area contributed by atoms with Crippen molar-refractivity contribution in [1.29, 1.82) is 0 Å². The molecule has 1 saturated heterocycles. The molecule has 1 atom stereocenters. The Morgan fingerprint density at radius 3 is 2.91 bits per heavy atom. The van der Waals surface area contributed by atoms with E-state index in [0.717, 1.165) is 6.42 Å². The van der Waals surface area contributed by atoms with E-state index in [1.807, 2.05) is 0 Å². The van der Waals surface area contributed by atoms with Crippen LogP contribution in [0.15, 0.2) is 22.7 Å². The first-order valence-corrected chi connectivity index (χ1v) is 7.75. The molecule has 22 heavy (non-hydrogen) atoms. The number of nitrogens with zero attached hydrogens (tertiary/aromatic N) is 1. The molecule has 0 saturated carbocycles. The molecule has 1 fully saturated rings. The fraction of sp³-hybridized carbons (Fsp3) is 0.333. The molecular weight excluding hydrogens is 355 g/mol. The molecule has 1 amide bonds. The van der Waals surface area contributed by atoms with Gasteiger partial charge in [-0.3, -0.25) is 9.59 Å². The number of nitrogens with one attached hydrogen (secondary N) is 1. The Morgan fingerprint density at radius 2 is 2.18 bits per heavy atom. The summed E-state index contributed by atoms with van der Waals surface area (Å²) in [7, 11) is 0. The summed E-state index contributed by atoms with van der Waals surface area (Å²) in [6, 6.07) is 4.23. The first kappa shape index (κ1) is 15.0. The number of aliphatic carboxylic acids is 1. The van der Waals surface area contributed by atoms with Gasteiger partial charge in [0.1, 0.15) is 11.5 Å². The van der Waals surface area contributed by atoms with Gasteiger partial charge in [-0.15, -0.1) is 0 Å². The molecule has 0 bridgehead atoms. The van der Waals surface area contributed by atoms with E-state index in [2.05, 4.69) is 20.9 Å². The van der Waals surface area contributed by atoms with Crippen LogP contribution in [0.2, 0.25) is 0 Å². The number of carbonyl (C=O) groups is 2. The fourth-order valence-corrected chi connectivity index (χ4v) is 3.38. The Morgan fingerprint density at radius 1 is 1.41 bits per heavy atom. The molecule has 1 aromatic heterocycles. The minimum Gasteiger partial charge on any atom is -0.481 e. The first-order valence-electron chi connectivity index (χ1n) is 6.96. The van der Waals surface area contributed by atoms with E-state index >= 15 is 0 Å². The lowest BCUT2D eigenvalue weighted by atomic mass is 10.1. The molecule has 116 valence electrons. The van der Waals surface area contributed by atoms with Crippen molar-refractivity contribution in [2.24, 2.45) is 0 Å². The van der Waals surface area contributed by atoms with Gasteiger partial charge in [-0.2, -0.15) is 0 Å². The summed E-state index contributed by atoms with van der Waals surface area (Å²) in [6.07, 6.45) is 1.40. The number of aromatic nitrogens is 1. The molecule has 2 heterocycles. The third-order valence-electron chi connectivity index (χ3n) is 3.93. The largest absolute Gasteiger partial charge is 0.481 e. The minimum absolute atomic E-state index is 0.0636. The van der Waals surface area contributed by atoms with Gasteiger partial charge in [0, 0.05) is 22.4 Å². The van der Waals surface area contributed by atoms with E-state index in [0.29, 0.717) is 28.3 Å². The van der Waals surface area contributed by atoms with Crippen molar-refractivity contribution in [1.82, 2.24) is 9.88 Å². The van der Waals surface area contributed by atoms with Gasteiger partial charge >= 0.3 is 5.97 Å². The number of hydrogen-bond acceptors (Lipinski definition) is 2. The summed E-state index contributed by atoms with van der Waals surface area (Å²) < 4.78 is 14.5. The summed E-state index contributed by atoms with van der Waals surface area (Å²) in [4.78, 5) is 27.9. The van der Waals surface area contributed by atoms with Crippen LogP contribution < -0.4 is 0 Å². The monoisotopic (exact) mass is 368 g/mol. The minimum atomic E-state index is -0.920. The second-order valence-electron chi connectivity index (χ2n) is 5.42. The van der Waals surface area contributed by atoms with Crippen LogP contribution in [0, 0.1) is 5.82 Å². The first-order chi connectivity index (χ1) is 10.5. The van der Waals surface area contributed by atoms with Crippen molar-refractivity contribution in [2.75, 3.05) is 6.54 Å². The number of rotatable bonds is 3. The molecule has 0 aliphatic carbocycles. The highest BCUT2D eigenvalue weighted by Gasteiger charge is 2.31. The van der Waals surface area contributed by atoms with Crippen LogP contribution in [0.4, 0.5) is 4.39 Å². The SMILES string of the molecule is O=C(O)CC1CCCN1C(=O)c1cc2c(F)cc(Br)cc2[nH]1. The van der Waals surface area contributed by atoms with Gasteiger partial charge in [-0.05, 0) is 31.0 Å². The zero-order valence-electron chi connectivity index (χ0n) is 11.6. The van der Waals surface area contributed by atoms with Crippen molar-refractivity contribution in [3.8, 4) is 0 Å². The predicted molar refractivity (Wildman–Crippen MR) is 82.3 cm³/mol. The van der Waals surface area contributed by atoms with Crippen molar-refractivity contribution < 1.29 is 19.1 Å². The Labute approximate surface area is 134 Å². The lowest BCUT2D eigenvalue weighted by Gasteiger charge is -2.22. The average Bonchev–Trinajstić information content (AvgIpc) is 3.03. The molecule has 3 rings (SSSR count). The quantitative estimate of drug-likeness (QED) is 0.873. The summed E-state index contributed by atoms with van der Waals surface area (Å²) in [5.41, 5.74) is 0.813. The van der Waals surface area contributed by atoms with Crippen LogP contribution >= 0.6 is 15.9 Å². The molecule has 1 aliphatic rings. The van der Waals surface area contributed by atoms with Gasteiger partial charge in [-0.25, -0.2) is 4.39 Å².